The molecule has 1 saturated heterocycles. The molecule has 15 heavy (non-hydrogen) atoms. The molecule has 1 aromatic carbocycles. The van der Waals surface area contributed by atoms with E-state index in [-0.39, 0.29) is 24.5 Å². The first-order valence-electron chi connectivity index (χ1n) is 4.81. The number of aryl methyl sites for hydroxylation is 1. The first-order chi connectivity index (χ1) is 6.79. The van der Waals surface area contributed by atoms with Gasteiger partial charge in [-0.2, -0.15) is 0 Å². The minimum Gasteiger partial charge on any atom is -0.447 e. The molecule has 0 bridgehead atoms. The lowest BCUT2D eigenvalue weighted by Gasteiger charge is -2.07. The molecule has 1 heterocycles. The van der Waals surface area contributed by atoms with Crippen LogP contribution in [0.2, 0.25) is 0 Å². The average molecular weight is 228 g/mol. The molecular formula is C11H14ClNO2. The molecule has 0 saturated carbocycles. The SMILES string of the molecule is CCc1ccc([C@@H]2COC(=O)N2)cc1.Cl. The third-order valence-corrected chi connectivity index (χ3v) is 2.46. The van der Waals surface area contributed by atoms with Gasteiger partial charge in [0.05, 0.1) is 6.04 Å². The molecule has 1 aliphatic heterocycles. The van der Waals surface area contributed by atoms with Crippen LogP contribution in [0.1, 0.15) is 24.1 Å². The average Bonchev–Trinajstić information content (AvgIpc) is 2.65. The van der Waals surface area contributed by atoms with Gasteiger partial charge >= 0.3 is 6.09 Å². The number of carbonyl (C=O) groups is 1. The largest absolute Gasteiger partial charge is 0.447 e. The van der Waals surface area contributed by atoms with Gasteiger partial charge in [-0.15, -0.1) is 12.4 Å². The van der Waals surface area contributed by atoms with Crippen molar-refractivity contribution in [3.8, 4) is 0 Å². The van der Waals surface area contributed by atoms with Crippen LogP contribution in [0.4, 0.5) is 4.79 Å². The number of alkyl carbamates (subject to hydrolysis) is 1. The van der Waals surface area contributed by atoms with Gasteiger partial charge in [0.25, 0.3) is 0 Å². The summed E-state index contributed by atoms with van der Waals surface area (Å²) in [5.41, 5.74) is 2.41. The van der Waals surface area contributed by atoms with Crippen molar-refractivity contribution in [1.29, 1.82) is 0 Å². The van der Waals surface area contributed by atoms with Gasteiger partial charge in [-0.1, -0.05) is 31.2 Å². The molecule has 1 aromatic rings. The molecule has 4 heteroatoms. The van der Waals surface area contributed by atoms with E-state index < -0.39 is 0 Å². The lowest BCUT2D eigenvalue weighted by molar-refractivity contribution is 0.177. The number of hydrogen-bond donors (Lipinski definition) is 1. The van der Waals surface area contributed by atoms with E-state index in [0.29, 0.717) is 6.61 Å². The van der Waals surface area contributed by atoms with Gasteiger partial charge in [-0.25, -0.2) is 4.79 Å². The number of hydrogen-bond acceptors (Lipinski definition) is 2. The molecule has 0 unspecified atom stereocenters. The summed E-state index contributed by atoms with van der Waals surface area (Å²) >= 11 is 0. The summed E-state index contributed by atoms with van der Waals surface area (Å²) in [5, 5.41) is 2.75. The third kappa shape index (κ3) is 2.63. The molecular weight excluding hydrogens is 214 g/mol. The Bertz CT molecular complexity index is 337. The van der Waals surface area contributed by atoms with Gasteiger partial charge in [0, 0.05) is 0 Å². The summed E-state index contributed by atoms with van der Waals surface area (Å²) in [6, 6.07) is 8.27. The maximum Gasteiger partial charge on any atom is 0.407 e. The first-order valence-corrected chi connectivity index (χ1v) is 4.81. The molecule has 2 rings (SSSR count). The van der Waals surface area contributed by atoms with Crippen LogP contribution in [0.25, 0.3) is 0 Å². The van der Waals surface area contributed by atoms with Crippen LogP contribution in [0.5, 0.6) is 0 Å². The van der Waals surface area contributed by atoms with E-state index in [1.54, 1.807) is 0 Å². The van der Waals surface area contributed by atoms with Gasteiger partial charge in [0.2, 0.25) is 0 Å². The summed E-state index contributed by atoms with van der Waals surface area (Å²) in [6.45, 7) is 2.56. The zero-order valence-electron chi connectivity index (χ0n) is 8.53. The van der Waals surface area contributed by atoms with Gasteiger partial charge in [-0.3, -0.25) is 0 Å². The lowest BCUT2D eigenvalue weighted by Crippen LogP contribution is -2.18. The number of halogens is 1. The van der Waals surface area contributed by atoms with E-state index in [4.69, 9.17) is 4.74 Å². The molecule has 0 spiro atoms. The molecule has 3 nitrogen and oxygen atoms in total. The molecule has 1 atom stereocenters. The van der Waals surface area contributed by atoms with E-state index in [1.807, 2.05) is 12.1 Å². The number of nitrogens with one attached hydrogen (secondary N) is 1. The van der Waals surface area contributed by atoms with Crippen molar-refractivity contribution < 1.29 is 9.53 Å². The number of cyclic esters (lactones) is 1. The molecule has 0 aromatic heterocycles. The number of benzene rings is 1. The highest BCUT2D eigenvalue weighted by atomic mass is 35.5. The van der Waals surface area contributed by atoms with Crippen LogP contribution in [0, 0.1) is 0 Å². The molecule has 1 aliphatic rings. The minimum atomic E-state index is -0.324. The smallest absolute Gasteiger partial charge is 0.407 e. The van der Waals surface area contributed by atoms with Crippen molar-refractivity contribution >= 4 is 18.5 Å². The highest BCUT2D eigenvalue weighted by Gasteiger charge is 2.23. The van der Waals surface area contributed by atoms with Gasteiger partial charge < -0.3 is 10.1 Å². The normalized spacial score (nSPS) is 19.0. The number of amides is 1. The van der Waals surface area contributed by atoms with Crippen LogP contribution < -0.4 is 5.32 Å². The van der Waals surface area contributed by atoms with Crippen molar-refractivity contribution in [1.82, 2.24) is 5.32 Å². The third-order valence-electron chi connectivity index (χ3n) is 2.46. The Morgan fingerprint density at radius 1 is 1.40 bits per heavy atom. The fourth-order valence-electron chi connectivity index (χ4n) is 1.55. The lowest BCUT2D eigenvalue weighted by atomic mass is 10.1. The Balaban J connectivity index is 0.00000112. The summed E-state index contributed by atoms with van der Waals surface area (Å²) < 4.78 is 4.83. The van der Waals surface area contributed by atoms with Crippen LogP contribution in [0.15, 0.2) is 24.3 Å². The maximum absolute atomic E-state index is 10.8. The van der Waals surface area contributed by atoms with E-state index in [2.05, 4.69) is 24.4 Å². The van der Waals surface area contributed by atoms with Crippen molar-refractivity contribution in [2.24, 2.45) is 0 Å². The van der Waals surface area contributed by atoms with Crippen molar-refractivity contribution in [3.63, 3.8) is 0 Å². The van der Waals surface area contributed by atoms with Crippen molar-refractivity contribution in [2.45, 2.75) is 19.4 Å². The highest BCUT2D eigenvalue weighted by Crippen LogP contribution is 2.18. The highest BCUT2D eigenvalue weighted by molar-refractivity contribution is 5.85. The topological polar surface area (TPSA) is 38.3 Å². The van der Waals surface area contributed by atoms with Crippen LogP contribution in [-0.4, -0.2) is 12.7 Å². The summed E-state index contributed by atoms with van der Waals surface area (Å²) in [5.74, 6) is 0. The zero-order valence-corrected chi connectivity index (χ0v) is 9.34. The summed E-state index contributed by atoms with van der Waals surface area (Å²) in [6.07, 6.45) is 0.711. The molecule has 0 aliphatic carbocycles. The Morgan fingerprint density at radius 3 is 2.53 bits per heavy atom. The van der Waals surface area contributed by atoms with Gasteiger partial charge in [0.1, 0.15) is 6.61 Å². The second kappa shape index (κ2) is 5.03. The maximum atomic E-state index is 10.8. The predicted molar refractivity (Wildman–Crippen MR) is 60.3 cm³/mol. The fourth-order valence-corrected chi connectivity index (χ4v) is 1.55. The van der Waals surface area contributed by atoms with Crippen molar-refractivity contribution in [2.75, 3.05) is 6.61 Å². The number of carbonyl (C=O) groups excluding carboxylic acids is 1. The standard InChI is InChI=1S/C11H13NO2.ClH/c1-2-8-3-5-9(6-4-8)10-7-14-11(13)12-10;/h3-6,10H,2,7H2,1H3,(H,12,13);1H/t10-;/m0./s1. The van der Waals surface area contributed by atoms with Crippen molar-refractivity contribution in [3.05, 3.63) is 35.4 Å². The Morgan fingerprint density at radius 2 is 2.07 bits per heavy atom. The van der Waals surface area contributed by atoms with E-state index in [9.17, 15) is 4.79 Å². The first kappa shape index (κ1) is 11.9. The van der Waals surface area contributed by atoms with Gasteiger partial charge in [-0.05, 0) is 17.5 Å². The van der Waals surface area contributed by atoms with Crippen LogP contribution in [0.3, 0.4) is 0 Å². The predicted octanol–water partition coefficient (Wildman–Crippen LogP) is 2.45. The quantitative estimate of drug-likeness (QED) is 0.843. The number of rotatable bonds is 2. The molecule has 0 radical (unpaired) electrons. The van der Waals surface area contributed by atoms with E-state index >= 15 is 0 Å². The van der Waals surface area contributed by atoms with E-state index in [1.165, 1.54) is 5.56 Å². The summed E-state index contributed by atoms with van der Waals surface area (Å²) in [4.78, 5) is 10.8. The van der Waals surface area contributed by atoms with E-state index in [0.717, 1.165) is 12.0 Å². The molecule has 82 valence electrons. The van der Waals surface area contributed by atoms with Crippen LogP contribution >= 0.6 is 12.4 Å². The molecule has 1 fully saturated rings. The summed E-state index contributed by atoms with van der Waals surface area (Å²) in [7, 11) is 0. The Labute approximate surface area is 95.2 Å². The minimum absolute atomic E-state index is 0. The second-order valence-electron chi connectivity index (χ2n) is 3.39. The second-order valence-corrected chi connectivity index (χ2v) is 3.39. The van der Waals surface area contributed by atoms with Crippen LogP contribution in [-0.2, 0) is 11.2 Å². The van der Waals surface area contributed by atoms with Gasteiger partial charge in [0.15, 0.2) is 0 Å². The Kier molecular flexibility index (Phi) is 3.97. The fraction of sp³-hybridized carbons (Fsp3) is 0.364. The number of ether oxygens (including phenoxy) is 1. The monoisotopic (exact) mass is 227 g/mol. The Hall–Kier alpha value is -1.22. The molecule has 1 amide bonds. The molecule has 1 N–H and O–H groups in total. The zero-order chi connectivity index (χ0) is 9.97.